The fourth-order valence-corrected chi connectivity index (χ4v) is 1.62. The second-order valence-electron chi connectivity index (χ2n) is 4.97. The minimum absolute atomic E-state index is 0.0541. The molecule has 0 atom stereocenters. The van der Waals surface area contributed by atoms with Gasteiger partial charge in [0.1, 0.15) is 5.75 Å². The molecule has 1 aromatic heterocycles. The lowest BCUT2D eigenvalue weighted by atomic mass is 10.1. The average Bonchev–Trinajstić information content (AvgIpc) is 2.32. The Morgan fingerprint density at radius 2 is 2.16 bits per heavy atom. The minimum Gasteiger partial charge on any atom is -0.506 e. The number of nitrogens with zero attached hydrogens (tertiary/aromatic N) is 2. The third-order valence-corrected chi connectivity index (χ3v) is 2.43. The van der Waals surface area contributed by atoms with Crippen LogP contribution in [-0.4, -0.2) is 44.7 Å². The van der Waals surface area contributed by atoms with Gasteiger partial charge in [0, 0.05) is 25.4 Å². The molecule has 0 aromatic carbocycles. The van der Waals surface area contributed by atoms with Crippen LogP contribution in [0, 0.1) is 0 Å². The zero-order chi connectivity index (χ0) is 14.5. The molecule has 0 bridgehead atoms. The number of likely N-dealkylation sites (N-methyl/N-ethyl adjacent to an activating group) is 1. The van der Waals surface area contributed by atoms with Gasteiger partial charge in [-0.15, -0.1) is 0 Å². The van der Waals surface area contributed by atoms with E-state index >= 15 is 0 Å². The lowest BCUT2D eigenvalue weighted by molar-refractivity contribution is -0.128. The number of carbonyl (C=O) groups excluding carboxylic acids is 1. The molecule has 19 heavy (non-hydrogen) atoms. The Morgan fingerprint density at radius 1 is 1.47 bits per heavy atom. The Labute approximate surface area is 113 Å². The highest BCUT2D eigenvalue weighted by Crippen LogP contribution is 2.11. The van der Waals surface area contributed by atoms with E-state index in [1.54, 1.807) is 31.0 Å². The predicted molar refractivity (Wildman–Crippen MR) is 73.5 cm³/mol. The summed E-state index contributed by atoms with van der Waals surface area (Å²) in [4.78, 5) is 17.3. The number of rotatable bonds is 5. The second kappa shape index (κ2) is 6.33. The average molecular weight is 264 g/mol. The van der Waals surface area contributed by atoms with Crippen LogP contribution in [0.3, 0.4) is 0 Å². The molecule has 0 saturated heterocycles. The largest absolute Gasteiger partial charge is 0.506 e. The Morgan fingerprint density at radius 3 is 2.68 bits per heavy atom. The van der Waals surface area contributed by atoms with Gasteiger partial charge in [-0.1, -0.05) is 0 Å². The highest BCUT2D eigenvalue weighted by atomic mass is 16.3. The Balaban J connectivity index is 2.72. The molecular weight excluding hydrogens is 244 g/mol. The van der Waals surface area contributed by atoms with Gasteiger partial charge in [0.2, 0.25) is 5.91 Å². The van der Waals surface area contributed by atoms with E-state index in [4.69, 9.17) is 0 Å². The molecule has 0 aliphatic rings. The Kier molecular flexibility index (Phi) is 5.06. The number of aromatic hydroxyl groups is 1. The van der Waals surface area contributed by atoms with Crippen molar-refractivity contribution in [3.8, 4) is 5.75 Å². The van der Waals surface area contributed by atoms with Crippen LogP contribution in [0.4, 0.5) is 0 Å². The van der Waals surface area contributed by atoms with Crippen molar-refractivity contribution >= 4 is 12.0 Å². The number of amides is 1. The maximum atomic E-state index is 12.0. The third-order valence-electron chi connectivity index (χ3n) is 2.43. The summed E-state index contributed by atoms with van der Waals surface area (Å²) in [6.07, 6.45) is 5.87. The van der Waals surface area contributed by atoms with Crippen LogP contribution in [0.15, 0.2) is 24.5 Å². The van der Waals surface area contributed by atoms with Crippen LogP contribution in [0.25, 0.3) is 6.08 Å². The summed E-state index contributed by atoms with van der Waals surface area (Å²) in [6, 6.07) is 1.52. The summed E-state index contributed by atoms with van der Waals surface area (Å²) in [5, 5.41) is 19.0. The van der Waals surface area contributed by atoms with E-state index in [1.807, 2.05) is 6.92 Å². The van der Waals surface area contributed by atoms with Crippen molar-refractivity contribution in [1.82, 2.24) is 9.88 Å². The molecule has 1 rings (SSSR count). The van der Waals surface area contributed by atoms with Gasteiger partial charge >= 0.3 is 0 Å². The van der Waals surface area contributed by atoms with Crippen LogP contribution >= 0.6 is 0 Å². The minimum atomic E-state index is -0.925. The molecule has 0 radical (unpaired) electrons. The van der Waals surface area contributed by atoms with Gasteiger partial charge < -0.3 is 15.1 Å². The monoisotopic (exact) mass is 264 g/mol. The molecule has 0 aliphatic carbocycles. The molecule has 1 heterocycles. The molecule has 0 unspecified atom stereocenters. The summed E-state index contributed by atoms with van der Waals surface area (Å²) < 4.78 is 0. The molecule has 5 nitrogen and oxygen atoms in total. The second-order valence-corrected chi connectivity index (χ2v) is 4.97. The van der Waals surface area contributed by atoms with Crippen molar-refractivity contribution in [1.29, 1.82) is 0 Å². The summed E-state index contributed by atoms with van der Waals surface area (Å²) in [5.41, 5.74) is -0.279. The maximum Gasteiger partial charge on any atom is 0.246 e. The van der Waals surface area contributed by atoms with Gasteiger partial charge in [0.05, 0.1) is 11.8 Å². The summed E-state index contributed by atoms with van der Waals surface area (Å²) in [6.45, 7) is 5.96. The van der Waals surface area contributed by atoms with Gasteiger partial charge in [0.15, 0.2) is 0 Å². The number of pyridine rings is 1. The quantitative estimate of drug-likeness (QED) is 0.789. The maximum absolute atomic E-state index is 12.0. The van der Waals surface area contributed by atoms with Crippen molar-refractivity contribution in [3.05, 3.63) is 30.1 Å². The molecule has 0 fully saturated rings. The van der Waals surface area contributed by atoms with Crippen molar-refractivity contribution < 1.29 is 15.0 Å². The Hall–Kier alpha value is -1.88. The third kappa shape index (κ3) is 5.52. The Bertz CT molecular complexity index is 464. The van der Waals surface area contributed by atoms with E-state index in [9.17, 15) is 15.0 Å². The standard InChI is InChI=1S/C14H20N2O3/c1-4-16(10-14(2,3)19)13(18)6-5-11-7-12(17)9-15-8-11/h5-9,17,19H,4,10H2,1-3H3/b6-5+. The lowest BCUT2D eigenvalue weighted by Crippen LogP contribution is -2.41. The molecule has 104 valence electrons. The fourth-order valence-electron chi connectivity index (χ4n) is 1.62. The van der Waals surface area contributed by atoms with Gasteiger partial charge in [0.25, 0.3) is 0 Å². The highest BCUT2D eigenvalue weighted by molar-refractivity contribution is 5.91. The van der Waals surface area contributed by atoms with Gasteiger partial charge in [-0.3, -0.25) is 9.78 Å². The number of aliphatic hydroxyl groups is 1. The van der Waals surface area contributed by atoms with E-state index in [0.29, 0.717) is 12.1 Å². The number of hydrogen-bond acceptors (Lipinski definition) is 4. The zero-order valence-corrected chi connectivity index (χ0v) is 11.5. The van der Waals surface area contributed by atoms with E-state index in [1.165, 1.54) is 18.3 Å². The number of carbonyl (C=O) groups is 1. The molecule has 0 aliphatic heterocycles. The first kappa shape index (κ1) is 15.2. The normalized spacial score (nSPS) is 11.8. The first-order valence-electron chi connectivity index (χ1n) is 6.15. The van der Waals surface area contributed by atoms with Gasteiger partial charge in [-0.2, -0.15) is 0 Å². The lowest BCUT2D eigenvalue weighted by Gasteiger charge is -2.27. The molecule has 0 spiro atoms. The van der Waals surface area contributed by atoms with Gasteiger partial charge in [-0.05, 0) is 38.5 Å². The number of hydrogen-bond donors (Lipinski definition) is 2. The molecule has 0 saturated carbocycles. The summed E-state index contributed by atoms with van der Waals surface area (Å²) in [5.74, 6) is -0.133. The van der Waals surface area contributed by atoms with Crippen LogP contribution in [0.5, 0.6) is 5.75 Å². The van der Waals surface area contributed by atoms with E-state index in [2.05, 4.69) is 4.98 Å². The molecule has 1 amide bonds. The summed E-state index contributed by atoms with van der Waals surface area (Å²) >= 11 is 0. The van der Waals surface area contributed by atoms with E-state index in [-0.39, 0.29) is 18.2 Å². The van der Waals surface area contributed by atoms with Crippen LogP contribution in [0.2, 0.25) is 0 Å². The van der Waals surface area contributed by atoms with Gasteiger partial charge in [-0.25, -0.2) is 0 Å². The predicted octanol–water partition coefficient (Wildman–Crippen LogP) is 1.42. The molecule has 2 N–H and O–H groups in total. The molecular formula is C14H20N2O3. The van der Waals surface area contributed by atoms with E-state index in [0.717, 1.165) is 0 Å². The van der Waals surface area contributed by atoms with Crippen LogP contribution in [0.1, 0.15) is 26.3 Å². The summed E-state index contributed by atoms with van der Waals surface area (Å²) in [7, 11) is 0. The topological polar surface area (TPSA) is 73.7 Å². The van der Waals surface area contributed by atoms with Crippen molar-refractivity contribution in [2.45, 2.75) is 26.4 Å². The van der Waals surface area contributed by atoms with Crippen molar-refractivity contribution in [2.75, 3.05) is 13.1 Å². The first-order valence-corrected chi connectivity index (χ1v) is 6.15. The van der Waals surface area contributed by atoms with E-state index < -0.39 is 5.60 Å². The smallest absolute Gasteiger partial charge is 0.246 e. The molecule has 5 heteroatoms. The van der Waals surface area contributed by atoms with Crippen LogP contribution in [-0.2, 0) is 4.79 Å². The van der Waals surface area contributed by atoms with Crippen LogP contribution < -0.4 is 0 Å². The van der Waals surface area contributed by atoms with Crippen molar-refractivity contribution in [2.24, 2.45) is 0 Å². The zero-order valence-electron chi connectivity index (χ0n) is 11.5. The first-order chi connectivity index (χ1) is 8.81. The van der Waals surface area contributed by atoms with Crippen molar-refractivity contribution in [3.63, 3.8) is 0 Å². The fraction of sp³-hybridized carbons (Fsp3) is 0.429. The SMILES string of the molecule is CCN(CC(C)(C)O)C(=O)/C=C/c1cncc(O)c1. The highest BCUT2D eigenvalue weighted by Gasteiger charge is 2.19. The molecule has 1 aromatic rings. The number of aromatic nitrogens is 1.